The summed E-state index contributed by atoms with van der Waals surface area (Å²) in [5.74, 6) is 0.137. The monoisotopic (exact) mass is 268 g/mol. The summed E-state index contributed by atoms with van der Waals surface area (Å²) in [6, 6.07) is 12.3. The van der Waals surface area contributed by atoms with E-state index in [0.29, 0.717) is 0 Å². The SMILES string of the molecule is CC(N)CCCCN1C(=O)c2cccc3cccc1c23. The molecule has 0 aliphatic carbocycles. The van der Waals surface area contributed by atoms with E-state index in [1.807, 2.05) is 36.1 Å². The third-order valence-corrected chi connectivity index (χ3v) is 3.94. The maximum Gasteiger partial charge on any atom is 0.258 e. The van der Waals surface area contributed by atoms with Crippen LogP contribution in [0.15, 0.2) is 36.4 Å². The van der Waals surface area contributed by atoms with E-state index in [1.165, 1.54) is 0 Å². The maximum atomic E-state index is 12.5. The second-order valence-corrected chi connectivity index (χ2v) is 5.61. The van der Waals surface area contributed by atoms with E-state index in [9.17, 15) is 4.79 Å². The summed E-state index contributed by atoms with van der Waals surface area (Å²) < 4.78 is 0. The molecule has 0 aromatic heterocycles. The molecule has 2 aromatic rings. The predicted octanol–water partition coefficient (Wildman–Crippen LogP) is 3.32. The molecular formula is C17H20N2O. The number of hydrogen-bond acceptors (Lipinski definition) is 2. The molecule has 1 aliphatic rings. The van der Waals surface area contributed by atoms with E-state index in [4.69, 9.17) is 5.73 Å². The Hall–Kier alpha value is -1.87. The third-order valence-electron chi connectivity index (χ3n) is 3.94. The van der Waals surface area contributed by atoms with Gasteiger partial charge in [0.2, 0.25) is 0 Å². The van der Waals surface area contributed by atoms with Crippen molar-refractivity contribution < 1.29 is 4.79 Å². The molecule has 1 amide bonds. The number of anilines is 1. The van der Waals surface area contributed by atoms with Crippen LogP contribution in [0.2, 0.25) is 0 Å². The number of carbonyl (C=O) groups is 1. The van der Waals surface area contributed by atoms with Gasteiger partial charge in [-0.15, -0.1) is 0 Å². The van der Waals surface area contributed by atoms with Crippen LogP contribution in [0.1, 0.15) is 36.5 Å². The van der Waals surface area contributed by atoms with E-state index >= 15 is 0 Å². The Labute approximate surface area is 119 Å². The Bertz CT molecular complexity index is 643. The van der Waals surface area contributed by atoms with Crippen molar-refractivity contribution in [3.63, 3.8) is 0 Å². The molecule has 0 saturated carbocycles. The van der Waals surface area contributed by atoms with E-state index in [0.717, 1.165) is 47.8 Å². The first kappa shape index (κ1) is 13.1. The van der Waals surface area contributed by atoms with Crippen LogP contribution in [0.4, 0.5) is 5.69 Å². The minimum Gasteiger partial charge on any atom is -0.328 e. The largest absolute Gasteiger partial charge is 0.328 e. The number of nitrogens with two attached hydrogens (primary N) is 1. The fourth-order valence-electron chi connectivity index (χ4n) is 2.94. The summed E-state index contributed by atoms with van der Waals surface area (Å²) >= 11 is 0. The van der Waals surface area contributed by atoms with Gasteiger partial charge in [-0.25, -0.2) is 0 Å². The van der Waals surface area contributed by atoms with E-state index in [1.54, 1.807) is 0 Å². The van der Waals surface area contributed by atoms with Crippen LogP contribution in [0.25, 0.3) is 10.8 Å². The molecule has 104 valence electrons. The first-order valence-corrected chi connectivity index (χ1v) is 7.27. The quantitative estimate of drug-likeness (QED) is 0.846. The normalized spacial score (nSPS) is 15.1. The molecule has 1 aliphatic heterocycles. The Kier molecular flexibility index (Phi) is 3.45. The highest BCUT2D eigenvalue weighted by molar-refractivity contribution is 6.24. The molecule has 0 fully saturated rings. The van der Waals surface area contributed by atoms with Crippen LogP contribution in [0, 0.1) is 0 Å². The van der Waals surface area contributed by atoms with Gasteiger partial charge in [0, 0.05) is 23.5 Å². The van der Waals surface area contributed by atoms with E-state index in [2.05, 4.69) is 12.1 Å². The highest BCUT2D eigenvalue weighted by atomic mass is 16.2. The molecule has 2 N–H and O–H groups in total. The molecule has 2 aromatic carbocycles. The lowest BCUT2D eigenvalue weighted by Gasteiger charge is -2.17. The number of amides is 1. The van der Waals surface area contributed by atoms with E-state index < -0.39 is 0 Å². The number of nitrogens with zero attached hydrogens (tertiary/aromatic N) is 1. The van der Waals surface area contributed by atoms with Crippen molar-refractivity contribution in [2.75, 3.05) is 11.4 Å². The molecule has 1 unspecified atom stereocenters. The van der Waals surface area contributed by atoms with Gasteiger partial charge in [0.05, 0.1) is 5.69 Å². The summed E-state index contributed by atoms with van der Waals surface area (Å²) in [6.07, 6.45) is 3.07. The van der Waals surface area contributed by atoms with Crippen LogP contribution >= 0.6 is 0 Å². The van der Waals surface area contributed by atoms with Crippen molar-refractivity contribution in [2.45, 2.75) is 32.2 Å². The molecule has 0 saturated heterocycles. The van der Waals surface area contributed by atoms with Crippen LogP contribution in [0.3, 0.4) is 0 Å². The Morgan fingerprint density at radius 1 is 1.15 bits per heavy atom. The number of unbranched alkanes of at least 4 members (excludes halogenated alkanes) is 1. The van der Waals surface area contributed by atoms with Crippen molar-refractivity contribution in [1.82, 2.24) is 0 Å². The van der Waals surface area contributed by atoms with Gasteiger partial charge >= 0.3 is 0 Å². The lowest BCUT2D eigenvalue weighted by Crippen LogP contribution is -2.28. The highest BCUT2D eigenvalue weighted by Crippen LogP contribution is 2.37. The third kappa shape index (κ3) is 2.18. The Morgan fingerprint density at radius 3 is 2.65 bits per heavy atom. The smallest absolute Gasteiger partial charge is 0.258 e. The first-order chi connectivity index (χ1) is 9.68. The number of carbonyl (C=O) groups excluding carboxylic acids is 1. The van der Waals surface area contributed by atoms with Crippen molar-refractivity contribution in [2.24, 2.45) is 5.73 Å². The zero-order valence-electron chi connectivity index (χ0n) is 11.8. The van der Waals surface area contributed by atoms with Crippen molar-refractivity contribution in [1.29, 1.82) is 0 Å². The molecule has 3 heteroatoms. The van der Waals surface area contributed by atoms with Crippen LogP contribution < -0.4 is 10.6 Å². The molecule has 0 spiro atoms. The summed E-state index contributed by atoms with van der Waals surface area (Å²) in [7, 11) is 0. The van der Waals surface area contributed by atoms with Crippen LogP contribution in [-0.2, 0) is 0 Å². The Balaban J connectivity index is 1.82. The summed E-state index contributed by atoms with van der Waals surface area (Å²) in [4.78, 5) is 14.4. The molecule has 1 atom stereocenters. The molecule has 3 nitrogen and oxygen atoms in total. The molecule has 3 rings (SSSR count). The summed E-state index contributed by atoms with van der Waals surface area (Å²) in [6.45, 7) is 2.80. The van der Waals surface area contributed by atoms with Gasteiger partial charge in [0.1, 0.15) is 0 Å². The van der Waals surface area contributed by atoms with Gasteiger partial charge in [-0.3, -0.25) is 4.79 Å². The lowest BCUT2D eigenvalue weighted by atomic mass is 10.1. The average Bonchev–Trinajstić information content (AvgIpc) is 2.71. The fourth-order valence-corrected chi connectivity index (χ4v) is 2.94. The number of rotatable bonds is 5. The maximum absolute atomic E-state index is 12.5. The van der Waals surface area contributed by atoms with Crippen LogP contribution in [-0.4, -0.2) is 18.5 Å². The zero-order chi connectivity index (χ0) is 14.1. The Morgan fingerprint density at radius 2 is 1.90 bits per heavy atom. The highest BCUT2D eigenvalue weighted by Gasteiger charge is 2.28. The molecule has 1 heterocycles. The minimum atomic E-state index is 0.137. The standard InChI is InChI=1S/C17H20N2O/c1-12(18)6-2-3-11-19-15-10-5-8-13-7-4-9-14(16(13)15)17(19)20/h4-5,7-10,12H,2-3,6,11,18H2,1H3. The van der Waals surface area contributed by atoms with Crippen LogP contribution in [0.5, 0.6) is 0 Å². The zero-order valence-corrected chi connectivity index (χ0v) is 11.8. The fraction of sp³-hybridized carbons (Fsp3) is 0.353. The van der Waals surface area contributed by atoms with Gasteiger partial charge in [0.25, 0.3) is 5.91 Å². The van der Waals surface area contributed by atoms with Crippen molar-refractivity contribution in [3.05, 3.63) is 42.0 Å². The van der Waals surface area contributed by atoms with Gasteiger partial charge in [-0.1, -0.05) is 30.7 Å². The van der Waals surface area contributed by atoms with Crippen molar-refractivity contribution in [3.8, 4) is 0 Å². The molecule has 0 radical (unpaired) electrons. The first-order valence-electron chi connectivity index (χ1n) is 7.27. The topological polar surface area (TPSA) is 46.3 Å². The number of benzene rings is 2. The number of hydrogen-bond donors (Lipinski definition) is 1. The average molecular weight is 268 g/mol. The summed E-state index contributed by atoms with van der Waals surface area (Å²) in [5.41, 5.74) is 7.66. The van der Waals surface area contributed by atoms with E-state index in [-0.39, 0.29) is 11.9 Å². The summed E-state index contributed by atoms with van der Waals surface area (Å²) in [5, 5.41) is 2.25. The van der Waals surface area contributed by atoms with Crippen molar-refractivity contribution >= 4 is 22.4 Å². The van der Waals surface area contributed by atoms with Gasteiger partial charge < -0.3 is 10.6 Å². The van der Waals surface area contributed by atoms with Gasteiger partial charge in [-0.2, -0.15) is 0 Å². The predicted molar refractivity (Wildman–Crippen MR) is 83.1 cm³/mol. The molecule has 20 heavy (non-hydrogen) atoms. The second kappa shape index (κ2) is 5.25. The molecule has 0 bridgehead atoms. The molecular weight excluding hydrogens is 248 g/mol. The second-order valence-electron chi connectivity index (χ2n) is 5.61. The minimum absolute atomic E-state index is 0.137. The lowest BCUT2D eigenvalue weighted by molar-refractivity contribution is 0.0992. The van der Waals surface area contributed by atoms with Gasteiger partial charge in [0.15, 0.2) is 0 Å². The van der Waals surface area contributed by atoms with Gasteiger partial charge in [-0.05, 0) is 37.3 Å².